The molecule has 0 unspecified atom stereocenters. The van der Waals surface area contributed by atoms with Crippen molar-refractivity contribution in [2.24, 2.45) is 4.85 Å². The molecule has 0 fully saturated rings. The molecule has 4 nitrogen and oxygen atoms in total. The maximum absolute atomic E-state index is 8.81. The molecule has 9 heavy (non-hydrogen) atoms. The molecule has 0 bridgehead atoms. The van der Waals surface area contributed by atoms with Crippen molar-refractivity contribution in [1.82, 2.24) is 4.68 Å². The highest BCUT2D eigenvalue weighted by molar-refractivity contribution is 7.03. The zero-order valence-corrected chi connectivity index (χ0v) is 5.44. The topological polar surface area (TPSA) is 57.8 Å². The SMILES string of the molecule is Oc1ccc(O)n1N=P. The lowest BCUT2D eigenvalue weighted by Crippen LogP contribution is -1.80. The van der Waals surface area contributed by atoms with Crippen LogP contribution in [0.4, 0.5) is 0 Å². The first-order chi connectivity index (χ1) is 4.25. The number of aromatic hydroxyl groups is 2. The van der Waals surface area contributed by atoms with Crippen LogP contribution >= 0.6 is 9.03 Å². The Balaban J connectivity index is 3.22. The Labute approximate surface area is 53.6 Å². The second-order valence-corrected chi connectivity index (χ2v) is 1.66. The molecule has 0 saturated carbocycles. The quantitative estimate of drug-likeness (QED) is 0.577. The van der Waals surface area contributed by atoms with Crippen LogP contribution in [0.2, 0.25) is 0 Å². The summed E-state index contributed by atoms with van der Waals surface area (Å²) in [5, 5.41) is 17.6. The smallest absolute Gasteiger partial charge is 0.215 e. The second-order valence-electron chi connectivity index (χ2n) is 1.46. The number of aromatic nitrogens is 1. The molecular weight excluding hydrogens is 139 g/mol. The summed E-state index contributed by atoms with van der Waals surface area (Å²) in [5.74, 6) is -0.218. The summed E-state index contributed by atoms with van der Waals surface area (Å²) in [6, 6.07) is 2.66. The monoisotopic (exact) mass is 144 g/mol. The number of nitrogens with zero attached hydrogens (tertiary/aromatic N) is 2. The van der Waals surface area contributed by atoms with Gasteiger partial charge in [0.05, 0.1) is 0 Å². The molecule has 0 aromatic carbocycles. The van der Waals surface area contributed by atoms with Crippen molar-refractivity contribution in [2.45, 2.75) is 0 Å². The highest BCUT2D eigenvalue weighted by Crippen LogP contribution is 2.20. The van der Waals surface area contributed by atoms with Gasteiger partial charge in [-0.05, 0) is 0 Å². The van der Waals surface area contributed by atoms with Crippen molar-refractivity contribution in [2.75, 3.05) is 0 Å². The van der Waals surface area contributed by atoms with Crippen molar-refractivity contribution in [1.29, 1.82) is 0 Å². The highest BCUT2D eigenvalue weighted by Gasteiger charge is 2.00. The minimum Gasteiger partial charge on any atom is -0.493 e. The number of rotatable bonds is 1. The van der Waals surface area contributed by atoms with Crippen LogP contribution in [0, 0.1) is 0 Å². The van der Waals surface area contributed by atoms with E-state index in [2.05, 4.69) is 13.9 Å². The molecule has 1 aromatic heterocycles. The van der Waals surface area contributed by atoms with Crippen LogP contribution in [0.1, 0.15) is 0 Å². The Hall–Kier alpha value is -1.02. The van der Waals surface area contributed by atoms with E-state index in [4.69, 9.17) is 10.2 Å². The van der Waals surface area contributed by atoms with E-state index >= 15 is 0 Å². The molecule has 5 heteroatoms. The first-order valence-electron chi connectivity index (χ1n) is 2.23. The van der Waals surface area contributed by atoms with Gasteiger partial charge in [0.2, 0.25) is 11.8 Å². The van der Waals surface area contributed by atoms with Gasteiger partial charge in [-0.25, -0.2) is 0 Å². The van der Waals surface area contributed by atoms with Crippen molar-refractivity contribution in [3.05, 3.63) is 12.1 Å². The maximum atomic E-state index is 8.81. The third kappa shape index (κ3) is 0.886. The zero-order valence-electron chi connectivity index (χ0n) is 4.44. The highest BCUT2D eigenvalue weighted by atomic mass is 31.0. The molecule has 0 aliphatic rings. The molecule has 0 amide bonds. The number of hydrogen-bond donors (Lipinski definition) is 2. The Morgan fingerprint density at radius 3 is 2.00 bits per heavy atom. The van der Waals surface area contributed by atoms with Gasteiger partial charge in [0, 0.05) is 21.2 Å². The lowest BCUT2D eigenvalue weighted by Gasteiger charge is -1.93. The van der Waals surface area contributed by atoms with Gasteiger partial charge in [-0.2, -0.15) is 4.68 Å². The van der Waals surface area contributed by atoms with Crippen LogP contribution in [-0.2, 0) is 0 Å². The molecule has 0 saturated heterocycles. The van der Waals surface area contributed by atoms with Crippen LogP contribution in [0.15, 0.2) is 17.0 Å². The van der Waals surface area contributed by atoms with Crippen molar-refractivity contribution >= 4 is 9.03 Å². The summed E-state index contributed by atoms with van der Waals surface area (Å²) in [6.45, 7) is 0. The standard InChI is InChI=1S/C4H5N2O2P/c7-3-1-2-4(8)6(3)5-9/h1-2,7-9H. The van der Waals surface area contributed by atoms with Crippen LogP contribution in [0.25, 0.3) is 0 Å². The van der Waals surface area contributed by atoms with Crippen LogP contribution in [0.3, 0.4) is 0 Å². The van der Waals surface area contributed by atoms with Gasteiger partial charge in [0.1, 0.15) is 0 Å². The minimum absolute atomic E-state index is 0.109. The molecule has 48 valence electrons. The van der Waals surface area contributed by atoms with Crippen molar-refractivity contribution < 1.29 is 10.2 Å². The van der Waals surface area contributed by atoms with E-state index in [9.17, 15) is 0 Å². The summed E-state index contributed by atoms with van der Waals surface area (Å²) in [7, 11) is 2.75. The predicted octanol–water partition coefficient (Wildman–Crippen LogP) is 0.989. The van der Waals surface area contributed by atoms with E-state index in [1.807, 2.05) is 0 Å². The summed E-state index contributed by atoms with van der Waals surface area (Å²) >= 11 is 0. The Morgan fingerprint density at radius 2 is 1.78 bits per heavy atom. The molecule has 2 N–H and O–H groups in total. The van der Waals surface area contributed by atoms with E-state index in [-0.39, 0.29) is 11.8 Å². The normalized spacial score (nSPS) is 9.33. The molecular formula is C4H5N2O2P. The predicted molar refractivity (Wildman–Crippen MR) is 33.9 cm³/mol. The van der Waals surface area contributed by atoms with Crippen LogP contribution in [-0.4, -0.2) is 14.9 Å². The fraction of sp³-hybridized carbons (Fsp3) is 0. The summed E-state index contributed by atoms with van der Waals surface area (Å²) in [4.78, 5) is 3.35. The fourth-order valence-corrected chi connectivity index (χ4v) is 0.715. The largest absolute Gasteiger partial charge is 0.493 e. The Bertz CT molecular complexity index is 213. The zero-order chi connectivity index (χ0) is 6.85. The van der Waals surface area contributed by atoms with E-state index in [0.717, 1.165) is 4.68 Å². The lowest BCUT2D eigenvalue weighted by molar-refractivity contribution is 0.385. The summed E-state index contributed by atoms with van der Waals surface area (Å²) in [5.41, 5.74) is 0. The molecule has 0 atom stereocenters. The Kier molecular flexibility index (Phi) is 1.40. The minimum atomic E-state index is -0.109. The summed E-state index contributed by atoms with van der Waals surface area (Å²) < 4.78 is 0.941. The molecule has 0 aliphatic carbocycles. The molecule has 0 aliphatic heterocycles. The first kappa shape index (κ1) is 6.11. The molecule has 1 heterocycles. The van der Waals surface area contributed by atoms with E-state index < -0.39 is 0 Å². The van der Waals surface area contributed by atoms with Gasteiger partial charge in [-0.1, -0.05) is 0 Å². The van der Waals surface area contributed by atoms with Gasteiger partial charge in [-0.15, -0.1) is 4.85 Å². The van der Waals surface area contributed by atoms with Gasteiger partial charge < -0.3 is 10.2 Å². The number of hydrogen-bond acceptors (Lipinski definition) is 3. The van der Waals surface area contributed by atoms with Crippen molar-refractivity contribution in [3.63, 3.8) is 0 Å². The van der Waals surface area contributed by atoms with Gasteiger partial charge >= 0.3 is 0 Å². The fourth-order valence-electron chi connectivity index (χ4n) is 0.510. The van der Waals surface area contributed by atoms with E-state index in [0.29, 0.717) is 0 Å². The van der Waals surface area contributed by atoms with E-state index in [1.54, 1.807) is 0 Å². The Morgan fingerprint density at radius 1 is 1.33 bits per heavy atom. The van der Waals surface area contributed by atoms with Crippen LogP contribution < -0.4 is 0 Å². The molecule has 1 aromatic rings. The van der Waals surface area contributed by atoms with Gasteiger partial charge in [0.15, 0.2) is 0 Å². The van der Waals surface area contributed by atoms with Gasteiger partial charge in [0.25, 0.3) is 0 Å². The van der Waals surface area contributed by atoms with Crippen molar-refractivity contribution in [3.8, 4) is 11.8 Å². The van der Waals surface area contributed by atoms with E-state index in [1.165, 1.54) is 12.1 Å². The third-order valence-electron chi connectivity index (χ3n) is 0.915. The molecule has 0 radical (unpaired) electrons. The average Bonchev–Trinajstić information content (AvgIpc) is 2.12. The second kappa shape index (κ2) is 2.07. The lowest BCUT2D eigenvalue weighted by atomic mass is 10.6. The third-order valence-corrected chi connectivity index (χ3v) is 1.12. The maximum Gasteiger partial charge on any atom is 0.215 e. The average molecular weight is 144 g/mol. The van der Waals surface area contributed by atoms with Crippen LogP contribution in [0.5, 0.6) is 11.8 Å². The molecule has 1 rings (SSSR count). The first-order valence-corrected chi connectivity index (χ1v) is 2.68. The summed E-state index contributed by atoms with van der Waals surface area (Å²) in [6.07, 6.45) is 0. The van der Waals surface area contributed by atoms with Gasteiger partial charge in [-0.3, -0.25) is 0 Å². The molecule has 0 spiro atoms.